The van der Waals surface area contributed by atoms with Crippen LogP contribution in [-0.2, 0) is 4.74 Å². The molecule has 4 heterocycles. The quantitative estimate of drug-likeness (QED) is 0.912. The van der Waals surface area contributed by atoms with Crippen LogP contribution in [0.5, 0.6) is 0 Å². The number of likely N-dealkylation sites (N-methyl/N-ethyl adjacent to an activating group) is 1. The van der Waals surface area contributed by atoms with Crippen molar-refractivity contribution in [1.82, 2.24) is 15.2 Å². The maximum absolute atomic E-state index is 5.52. The van der Waals surface area contributed by atoms with Gasteiger partial charge in [0.15, 0.2) is 5.82 Å². The predicted molar refractivity (Wildman–Crippen MR) is 83.0 cm³/mol. The molecule has 0 aliphatic carbocycles. The molecule has 4 rings (SSSR count). The van der Waals surface area contributed by atoms with Crippen molar-refractivity contribution in [2.75, 3.05) is 42.6 Å². The number of ether oxygens (including phenoxy) is 1. The molecule has 6 heteroatoms. The summed E-state index contributed by atoms with van der Waals surface area (Å²) < 4.78 is 5.52. The lowest BCUT2D eigenvalue weighted by Crippen LogP contribution is -2.43. The van der Waals surface area contributed by atoms with Gasteiger partial charge in [0.05, 0.1) is 10.9 Å². The third kappa shape index (κ3) is 2.05. The molecule has 21 heavy (non-hydrogen) atoms. The first-order chi connectivity index (χ1) is 10.4. The van der Waals surface area contributed by atoms with Gasteiger partial charge in [0.1, 0.15) is 5.82 Å². The van der Waals surface area contributed by atoms with Crippen LogP contribution < -0.4 is 9.80 Å². The molecule has 1 fully saturated rings. The number of rotatable bonds is 2. The fraction of sp³-hybridized carbons (Fsp3) is 0.600. The highest BCUT2D eigenvalue weighted by Crippen LogP contribution is 2.35. The molecule has 0 aromatic carbocycles. The summed E-state index contributed by atoms with van der Waals surface area (Å²) >= 11 is 0. The number of aromatic amines is 1. The lowest BCUT2D eigenvalue weighted by Gasteiger charge is -2.35. The highest BCUT2D eigenvalue weighted by molar-refractivity contribution is 5.99. The van der Waals surface area contributed by atoms with Gasteiger partial charge in [0.25, 0.3) is 0 Å². The Bertz CT molecular complexity index is 634. The third-order valence-corrected chi connectivity index (χ3v) is 4.63. The summed E-state index contributed by atoms with van der Waals surface area (Å²) in [5.41, 5.74) is 1.08. The zero-order valence-corrected chi connectivity index (χ0v) is 12.4. The van der Waals surface area contributed by atoms with E-state index in [1.165, 1.54) is 5.39 Å². The topological polar surface area (TPSA) is 57.3 Å². The molecule has 2 aliphatic heterocycles. The van der Waals surface area contributed by atoms with Crippen molar-refractivity contribution in [3.8, 4) is 0 Å². The van der Waals surface area contributed by atoms with Crippen LogP contribution in [0.3, 0.4) is 0 Å². The van der Waals surface area contributed by atoms with Crippen LogP contribution in [0.2, 0.25) is 0 Å². The molecule has 0 atom stereocenters. The monoisotopic (exact) mass is 287 g/mol. The maximum Gasteiger partial charge on any atom is 0.162 e. The minimum absolute atomic E-state index is 0.524. The van der Waals surface area contributed by atoms with Gasteiger partial charge >= 0.3 is 0 Å². The highest BCUT2D eigenvalue weighted by Gasteiger charge is 2.29. The summed E-state index contributed by atoms with van der Waals surface area (Å²) in [5.74, 6) is 2.13. The number of aromatic nitrogens is 3. The summed E-state index contributed by atoms with van der Waals surface area (Å²) in [5, 5.41) is 8.85. The number of H-pyrrole nitrogens is 1. The second-order valence-electron chi connectivity index (χ2n) is 5.72. The Hall–Kier alpha value is -1.82. The zero-order valence-electron chi connectivity index (χ0n) is 12.4. The molecule has 2 aliphatic rings. The highest BCUT2D eigenvalue weighted by atomic mass is 16.5. The first-order valence-corrected chi connectivity index (χ1v) is 7.81. The summed E-state index contributed by atoms with van der Waals surface area (Å²) in [6.45, 7) is 6.85. The number of nitrogens with zero attached hydrogens (tertiary/aromatic N) is 4. The SMILES string of the molecule is CCN1CCN(C2CCOCC2)c2nccc3[nH]nc1c23. The van der Waals surface area contributed by atoms with Gasteiger partial charge in [-0.15, -0.1) is 0 Å². The van der Waals surface area contributed by atoms with E-state index >= 15 is 0 Å². The van der Waals surface area contributed by atoms with Crippen molar-refractivity contribution >= 4 is 22.5 Å². The van der Waals surface area contributed by atoms with E-state index in [9.17, 15) is 0 Å². The Balaban J connectivity index is 1.82. The number of nitrogens with one attached hydrogen (secondary N) is 1. The Morgan fingerprint density at radius 3 is 2.95 bits per heavy atom. The van der Waals surface area contributed by atoms with Crippen LogP contribution in [0, 0.1) is 0 Å². The van der Waals surface area contributed by atoms with Gasteiger partial charge in [-0.05, 0) is 25.8 Å². The van der Waals surface area contributed by atoms with Crippen LogP contribution in [0.15, 0.2) is 12.3 Å². The minimum atomic E-state index is 0.524. The van der Waals surface area contributed by atoms with Crippen molar-refractivity contribution < 1.29 is 4.74 Å². The minimum Gasteiger partial charge on any atom is -0.381 e. The van der Waals surface area contributed by atoms with Crippen LogP contribution in [0.1, 0.15) is 19.8 Å². The van der Waals surface area contributed by atoms with E-state index in [0.717, 1.165) is 62.8 Å². The van der Waals surface area contributed by atoms with E-state index in [2.05, 4.69) is 26.9 Å². The Morgan fingerprint density at radius 1 is 1.29 bits per heavy atom. The standard InChI is InChI=1S/C15H21N5O/c1-2-19-7-8-20(11-4-9-21-10-5-11)14-13-12(3-6-16-14)17-18-15(13)19/h3,6,11H,2,4-5,7-10H2,1H3,(H,17,18). The van der Waals surface area contributed by atoms with E-state index in [1.54, 1.807) is 0 Å². The van der Waals surface area contributed by atoms with Gasteiger partial charge in [-0.25, -0.2) is 4.98 Å². The third-order valence-electron chi connectivity index (χ3n) is 4.63. The lowest BCUT2D eigenvalue weighted by molar-refractivity contribution is 0.0844. The van der Waals surface area contributed by atoms with Crippen LogP contribution in [0.25, 0.3) is 10.9 Å². The molecule has 2 aromatic rings. The largest absolute Gasteiger partial charge is 0.381 e. The molecule has 1 saturated heterocycles. The molecular formula is C15H21N5O. The van der Waals surface area contributed by atoms with Crippen molar-refractivity contribution in [1.29, 1.82) is 0 Å². The number of hydrogen-bond donors (Lipinski definition) is 1. The second-order valence-corrected chi connectivity index (χ2v) is 5.72. The Kier molecular flexibility index (Phi) is 3.18. The van der Waals surface area contributed by atoms with Crippen molar-refractivity contribution in [2.24, 2.45) is 0 Å². The average molecular weight is 287 g/mol. The number of hydrogen-bond acceptors (Lipinski definition) is 5. The van der Waals surface area contributed by atoms with E-state index in [1.807, 2.05) is 12.3 Å². The molecule has 112 valence electrons. The molecule has 2 aromatic heterocycles. The molecular weight excluding hydrogens is 266 g/mol. The van der Waals surface area contributed by atoms with Gasteiger partial charge in [-0.2, -0.15) is 5.10 Å². The molecule has 0 bridgehead atoms. The molecule has 1 N–H and O–H groups in total. The van der Waals surface area contributed by atoms with Crippen LogP contribution >= 0.6 is 0 Å². The van der Waals surface area contributed by atoms with Gasteiger partial charge in [0.2, 0.25) is 0 Å². The lowest BCUT2D eigenvalue weighted by atomic mass is 10.1. The van der Waals surface area contributed by atoms with E-state index in [0.29, 0.717) is 6.04 Å². The van der Waals surface area contributed by atoms with E-state index in [-0.39, 0.29) is 0 Å². The first kappa shape index (κ1) is 12.9. The normalized spacial score (nSPS) is 20.0. The van der Waals surface area contributed by atoms with Crippen molar-refractivity contribution in [3.63, 3.8) is 0 Å². The molecule has 0 unspecified atom stereocenters. The molecule has 0 amide bonds. The summed E-state index contributed by atoms with van der Waals surface area (Å²) in [6, 6.07) is 2.54. The van der Waals surface area contributed by atoms with Gasteiger partial charge in [-0.1, -0.05) is 0 Å². The van der Waals surface area contributed by atoms with Gasteiger partial charge < -0.3 is 14.5 Å². The Labute approximate surface area is 124 Å². The number of pyridine rings is 1. The van der Waals surface area contributed by atoms with Crippen LogP contribution in [-0.4, -0.2) is 54.1 Å². The fourth-order valence-electron chi connectivity index (χ4n) is 3.48. The predicted octanol–water partition coefficient (Wildman–Crippen LogP) is 1.78. The fourth-order valence-corrected chi connectivity index (χ4v) is 3.48. The van der Waals surface area contributed by atoms with E-state index < -0.39 is 0 Å². The summed E-state index contributed by atoms with van der Waals surface area (Å²) in [6.07, 6.45) is 4.04. The summed E-state index contributed by atoms with van der Waals surface area (Å²) in [7, 11) is 0. The maximum atomic E-state index is 5.52. The van der Waals surface area contributed by atoms with Gasteiger partial charge in [0, 0.05) is 45.1 Å². The van der Waals surface area contributed by atoms with Gasteiger partial charge in [-0.3, -0.25) is 5.10 Å². The van der Waals surface area contributed by atoms with Crippen LogP contribution in [0.4, 0.5) is 11.6 Å². The first-order valence-electron chi connectivity index (χ1n) is 7.81. The Morgan fingerprint density at radius 2 is 2.14 bits per heavy atom. The smallest absolute Gasteiger partial charge is 0.162 e. The van der Waals surface area contributed by atoms with Crippen molar-refractivity contribution in [3.05, 3.63) is 12.3 Å². The zero-order chi connectivity index (χ0) is 14.2. The molecule has 0 spiro atoms. The summed E-state index contributed by atoms with van der Waals surface area (Å²) in [4.78, 5) is 9.50. The van der Waals surface area contributed by atoms with E-state index in [4.69, 9.17) is 9.72 Å². The molecule has 0 saturated carbocycles. The van der Waals surface area contributed by atoms with Crippen molar-refractivity contribution in [2.45, 2.75) is 25.8 Å². The molecule has 0 radical (unpaired) electrons. The molecule has 6 nitrogen and oxygen atoms in total. The number of anilines is 2. The second kappa shape index (κ2) is 5.18. The average Bonchev–Trinajstić information content (AvgIpc) is 2.89.